The van der Waals surface area contributed by atoms with E-state index >= 15 is 0 Å². The topological polar surface area (TPSA) is 37.2 Å². The van der Waals surface area contributed by atoms with Crippen molar-refractivity contribution < 1.29 is 5.11 Å². The van der Waals surface area contributed by atoms with Gasteiger partial charge in [-0.2, -0.15) is 0 Å². The van der Waals surface area contributed by atoms with Gasteiger partial charge in [0.05, 0.1) is 0 Å². The molecule has 0 saturated heterocycles. The van der Waals surface area contributed by atoms with Crippen LogP contribution < -0.4 is 5.32 Å². The normalized spacial score (nSPS) is 13.0. The van der Waals surface area contributed by atoms with Gasteiger partial charge in [0, 0.05) is 41.8 Å². The molecule has 0 bridgehead atoms. The molecule has 1 heterocycles. The number of hydrogen-bond acceptors (Lipinski definition) is 2. The molecule has 2 aromatic rings. The number of nitrogens with zero attached hydrogens (tertiary/aromatic N) is 1. The highest BCUT2D eigenvalue weighted by Crippen LogP contribution is 2.25. The van der Waals surface area contributed by atoms with E-state index in [1.165, 1.54) is 10.9 Å². The second-order valence-electron chi connectivity index (χ2n) is 5.43. The van der Waals surface area contributed by atoms with E-state index in [2.05, 4.69) is 29.1 Å². The summed E-state index contributed by atoms with van der Waals surface area (Å²) in [4.78, 5) is 0. The van der Waals surface area contributed by atoms with Gasteiger partial charge in [-0.05, 0) is 36.6 Å². The molecule has 20 heavy (non-hydrogen) atoms. The molecular weight excluding hydrogens is 272 g/mol. The lowest BCUT2D eigenvalue weighted by atomic mass is 10.1. The molecule has 0 aliphatic carbocycles. The molecule has 1 aromatic heterocycles. The van der Waals surface area contributed by atoms with Crippen LogP contribution in [0.25, 0.3) is 10.9 Å². The fourth-order valence-electron chi connectivity index (χ4n) is 2.43. The van der Waals surface area contributed by atoms with E-state index in [4.69, 9.17) is 11.6 Å². The molecule has 0 saturated carbocycles. The Morgan fingerprint density at radius 2 is 2.20 bits per heavy atom. The van der Waals surface area contributed by atoms with E-state index in [9.17, 15) is 5.11 Å². The molecule has 110 valence electrons. The van der Waals surface area contributed by atoms with Gasteiger partial charge in [0.1, 0.15) is 0 Å². The minimum atomic E-state index is 0.198. The van der Waals surface area contributed by atoms with Crippen molar-refractivity contribution in [3.8, 4) is 0 Å². The monoisotopic (exact) mass is 294 g/mol. The highest BCUT2D eigenvalue weighted by atomic mass is 35.5. The molecule has 1 aromatic carbocycles. The molecule has 0 aliphatic heterocycles. The largest absolute Gasteiger partial charge is 0.396 e. The van der Waals surface area contributed by atoms with E-state index in [1.807, 2.05) is 19.1 Å². The maximum atomic E-state index is 9.25. The SMILES string of the molecule is CCCNCc1cn(CC(C)CO)c2cc(Cl)ccc12. The minimum absolute atomic E-state index is 0.198. The number of hydrogen-bond donors (Lipinski definition) is 2. The van der Waals surface area contributed by atoms with Gasteiger partial charge in [-0.15, -0.1) is 0 Å². The zero-order valence-corrected chi connectivity index (χ0v) is 13.0. The molecule has 2 N–H and O–H groups in total. The van der Waals surface area contributed by atoms with Crippen LogP contribution >= 0.6 is 11.6 Å². The number of benzene rings is 1. The third-order valence-electron chi connectivity index (χ3n) is 3.49. The molecule has 4 heteroatoms. The lowest BCUT2D eigenvalue weighted by Crippen LogP contribution is -2.13. The van der Waals surface area contributed by atoms with Crippen molar-refractivity contribution in [2.75, 3.05) is 13.2 Å². The predicted molar refractivity (Wildman–Crippen MR) is 85.2 cm³/mol. The third kappa shape index (κ3) is 3.54. The fourth-order valence-corrected chi connectivity index (χ4v) is 2.59. The molecule has 2 rings (SSSR count). The van der Waals surface area contributed by atoms with Gasteiger partial charge in [0.15, 0.2) is 0 Å². The Morgan fingerprint density at radius 1 is 1.40 bits per heavy atom. The maximum absolute atomic E-state index is 9.25. The lowest BCUT2D eigenvalue weighted by Gasteiger charge is -2.10. The van der Waals surface area contributed by atoms with Crippen molar-refractivity contribution in [2.24, 2.45) is 5.92 Å². The van der Waals surface area contributed by atoms with Gasteiger partial charge >= 0.3 is 0 Å². The Morgan fingerprint density at radius 3 is 2.90 bits per heavy atom. The van der Waals surface area contributed by atoms with Crippen LogP contribution in [0.15, 0.2) is 24.4 Å². The third-order valence-corrected chi connectivity index (χ3v) is 3.72. The standard InChI is InChI=1S/C16H23ClN2O/c1-3-6-18-8-13-10-19(9-12(2)11-20)16-7-14(17)4-5-15(13)16/h4-5,7,10,12,18,20H,3,6,8-9,11H2,1-2H3. The minimum Gasteiger partial charge on any atom is -0.396 e. The molecule has 1 atom stereocenters. The molecular formula is C16H23ClN2O. The van der Waals surface area contributed by atoms with Gasteiger partial charge in [0.25, 0.3) is 0 Å². The lowest BCUT2D eigenvalue weighted by molar-refractivity contribution is 0.224. The predicted octanol–water partition coefficient (Wildman–Crippen LogP) is 3.42. The molecule has 0 aliphatic rings. The van der Waals surface area contributed by atoms with Gasteiger partial charge in [-0.25, -0.2) is 0 Å². The highest BCUT2D eigenvalue weighted by Gasteiger charge is 2.11. The first kappa shape index (κ1) is 15.4. The van der Waals surface area contributed by atoms with Crippen LogP contribution in [0.1, 0.15) is 25.8 Å². The van der Waals surface area contributed by atoms with Crippen molar-refractivity contribution in [3.05, 3.63) is 35.0 Å². The average molecular weight is 295 g/mol. The number of aliphatic hydroxyl groups is 1. The summed E-state index contributed by atoms with van der Waals surface area (Å²) in [7, 11) is 0. The summed E-state index contributed by atoms with van der Waals surface area (Å²) < 4.78 is 2.20. The Kier molecular flexibility index (Phi) is 5.46. The van der Waals surface area contributed by atoms with E-state index in [1.54, 1.807) is 0 Å². The Bertz CT molecular complexity index is 565. The molecule has 1 unspecified atom stereocenters. The number of fused-ring (bicyclic) bond motifs is 1. The van der Waals surface area contributed by atoms with Crippen LogP contribution in [0.3, 0.4) is 0 Å². The number of halogens is 1. The van der Waals surface area contributed by atoms with Gasteiger partial charge in [0.2, 0.25) is 0 Å². The highest BCUT2D eigenvalue weighted by molar-refractivity contribution is 6.31. The van der Waals surface area contributed by atoms with Crippen LogP contribution in [0, 0.1) is 5.92 Å². The van der Waals surface area contributed by atoms with Crippen LogP contribution in [-0.2, 0) is 13.1 Å². The van der Waals surface area contributed by atoms with Crippen LogP contribution in [0.4, 0.5) is 0 Å². The van der Waals surface area contributed by atoms with E-state index < -0.39 is 0 Å². The summed E-state index contributed by atoms with van der Waals surface area (Å²) in [6.45, 7) is 7.11. The molecule has 0 fully saturated rings. The average Bonchev–Trinajstić information content (AvgIpc) is 2.76. The summed E-state index contributed by atoms with van der Waals surface area (Å²) in [5.74, 6) is 0.237. The van der Waals surface area contributed by atoms with Crippen LogP contribution in [0.2, 0.25) is 5.02 Å². The summed E-state index contributed by atoms with van der Waals surface area (Å²) in [6.07, 6.45) is 3.31. The zero-order chi connectivity index (χ0) is 14.5. The summed E-state index contributed by atoms with van der Waals surface area (Å²) in [6, 6.07) is 6.03. The Hall–Kier alpha value is -1.03. The summed E-state index contributed by atoms with van der Waals surface area (Å²) in [5, 5.41) is 14.7. The molecule has 3 nitrogen and oxygen atoms in total. The summed E-state index contributed by atoms with van der Waals surface area (Å²) >= 11 is 6.12. The van der Waals surface area contributed by atoms with Crippen molar-refractivity contribution in [1.29, 1.82) is 0 Å². The zero-order valence-electron chi connectivity index (χ0n) is 12.2. The number of aromatic nitrogens is 1. The van der Waals surface area contributed by atoms with Gasteiger partial charge in [-0.3, -0.25) is 0 Å². The van der Waals surface area contributed by atoms with Crippen molar-refractivity contribution in [1.82, 2.24) is 9.88 Å². The number of nitrogens with one attached hydrogen (secondary N) is 1. The molecule has 0 spiro atoms. The van der Waals surface area contributed by atoms with E-state index in [0.29, 0.717) is 0 Å². The molecule has 0 amide bonds. The number of rotatable bonds is 7. The second kappa shape index (κ2) is 7.11. The first-order valence-electron chi connectivity index (χ1n) is 7.24. The second-order valence-corrected chi connectivity index (χ2v) is 5.87. The van der Waals surface area contributed by atoms with Gasteiger partial charge in [-0.1, -0.05) is 31.5 Å². The first-order chi connectivity index (χ1) is 9.65. The number of aliphatic hydroxyl groups excluding tert-OH is 1. The van der Waals surface area contributed by atoms with Gasteiger partial charge < -0.3 is 15.0 Å². The Labute approximate surface area is 125 Å². The Balaban J connectivity index is 2.33. The van der Waals surface area contributed by atoms with Crippen LogP contribution in [0.5, 0.6) is 0 Å². The smallest absolute Gasteiger partial charge is 0.0498 e. The van der Waals surface area contributed by atoms with Crippen molar-refractivity contribution in [2.45, 2.75) is 33.4 Å². The summed E-state index contributed by atoms with van der Waals surface area (Å²) in [5.41, 5.74) is 2.43. The van der Waals surface area contributed by atoms with E-state index in [-0.39, 0.29) is 12.5 Å². The van der Waals surface area contributed by atoms with Crippen molar-refractivity contribution >= 4 is 22.5 Å². The fraction of sp³-hybridized carbons (Fsp3) is 0.500. The van der Waals surface area contributed by atoms with E-state index in [0.717, 1.165) is 36.6 Å². The van der Waals surface area contributed by atoms with Crippen LogP contribution in [-0.4, -0.2) is 22.8 Å². The quantitative estimate of drug-likeness (QED) is 0.768. The molecule has 0 radical (unpaired) electrons. The van der Waals surface area contributed by atoms with Crippen molar-refractivity contribution in [3.63, 3.8) is 0 Å². The first-order valence-corrected chi connectivity index (χ1v) is 7.62. The maximum Gasteiger partial charge on any atom is 0.0498 e.